The van der Waals surface area contributed by atoms with Gasteiger partial charge in [-0.05, 0) is 17.7 Å². The van der Waals surface area contributed by atoms with Gasteiger partial charge in [-0.15, -0.1) is 0 Å². The number of halogens is 1. The minimum absolute atomic E-state index is 0.305. The predicted molar refractivity (Wildman–Crippen MR) is 94.5 cm³/mol. The maximum absolute atomic E-state index is 12.3. The molecule has 0 aliphatic heterocycles. The monoisotopic (exact) mass is 343 g/mol. The summed E-state index contributed by atoms with van der Waals surface area (Å²) in [5, 5.41) is 0.533. The number of nitrogens with zero attached hydrogens (tertiary/aromatic N) is 1. The summed E-state index contributed by atoms with van der Waals surface area (Å²) in [4.78, 5) is 25.8. The minimum Gasteiger partial charge on any atom is -0.444 e. The molecule has 0 saturated heterocycles. The van der Waals surface area contributed by atoms with E-state index in [9.17, 15) is 9.59 Å². The van der Waals surface area contributed by atoms with Gasteiger partial charge in [0.25, 0.3) is 5.91 Å². The van der Waals surface area contributed by atoms with E-state index in [4.69, 9.17) is 16.3 Å². The van der Waals surface area contributed by atoms with E-state index in [1.54, 1.807) is 62.6 Å². The molecule has 0 N–H and O–H groups in total. The number of esters is 1. The number of hydrogen-bond donors (Lipinski definition) is 0. The topological polar surface area (TPSA) is 46.6 Å². The van der Waals surface area contributed by atoms with Gasteiger partial charge in [0.15, 0.2) is 0 Å². The van der Waals surface area contributed by atoms with Crippen LogP contribution in [0.3, 0.4) is 0 Å². The first-order valence-electron chi connectivity index (χ1n) is 7.38. The highest BCUT2D eigenvalue weighted by Gasteiger charge is 2.25. The zero-order valence-corrected chi connectivity index (χ0v) is 14.2. The van der Waals surface area contributed by atoms with Crippen LogP contribution in [-0.4, -0.2) is 30.9 Å². The van der Waals surface area contributed by atoms with Crippen molar-refractivity contribution in [3.8, 4) is 0 Å². The zero-order chi connectivity index (χ0) is 17.5. The maximum Gasteiger partial charge on any atom is 0.331 e. The fourth-order valence-electron chi connectivity index (χ4n) is 2.05. The average molecular weight is 344 g/mol. The van der Waals surface area contributed by atoms with Crippen LogP contribution in [-0.2, 0) is 14.3 Å². The van der Waals surface area contributed by atoms with Crippen LogP contribution in [0.15, 0.2) is 60.7 Å². The quantitative estimate of drug-likeness (QED) is 0.614. The molecule has 0 spiro atoms. The second-order valence-corrected chi connectivity index (χ2v) is 5.72. The molecule has 2 aromatic rings. The normalized spacial score (nSPS) is 12.0. The van der Waals surface area contributed by atoms with Crippen molar-refractivity contribution in [3.63, 3.8) is 0 Å². The van der Waals surface area contributed by atoms with E-state index in [0.717, 1.165) is 0 Å². The van der Waals surface area contributed by atoms with Gasteiger partial charge in [0.2, 0.25) is 6.10 Å². The molecular weight excluding hydrogens is 326 g/mol. The second kappa shape index (κ2) is 8.31. The van der Waals surface area contributed by atoms with E-state index in [-0.39, 0.29) is 5.91 Å². The predicted octanol–water partition coefficient (Wildman–Crippen LogP) is 3.73. The van der Waals surface area contributed by atoms with Crippen molar-refractivity contribution in [1.29, 1.82) is 0 Å². The molecule has 0 aliphatic carbocycles. The molecule has 0 fully saturated rings. The largest absolute Gasteiger partial charge is 0.444 e. The SMILES string of the molecule is CN(C)C(=O)[C@H](OC(=O)/C=C/c1ccccc1Cl)c1ccccc1. The number of benzene rings is 2. The van der Waals surface area contributed by atoms with Crippen LogP contribution in [0.4, 0.5) is 0 Å². The molecule has 0 radical (unpaired) electrons. The third kappa shape index (κ3) is 4.70. The molecule has 0 saturated carbocycles. The molecule has 124 valence electrons. The fraction of sp³-hybridized carbons (Fsp3) is 0.158. The van der Waals surface area contributed by atoms with Crippen molar-refractivity contribution in [2.75, 3.05) is 14.1 Å². The third-order valence-corrected chi connectivity index (χ3v) is 3.65. The Balaban J connectivity index is 2.16. The fourth-order valence-corrected chi connectivity index (χ4v) is 2.25. The van der Waals surface area contributed by atoms with E-state index in [1.165, 1.54) is 11.0 Å². The van der Waals surface area contributed by atoms with Crippen LogP contribution in [0, 0.1) is 0 Å². The molecule has 4 nitrogen and oxygen atoms in total. The number of hydrogen-bond acceptors (Lipinski definition) is 3. The molecule has 1 atom stereocenters. The van der Waals surface area contributed by atoms with Gasteiger partial charge in [-0.25, -0.2) is 4.79 Å². The van der Waals surface area contributed by atoms with Gasteiger partial charge in [0.1, 0.15) is 0 Å². The van der Waals surface area contributed by atoms with Crippen LogP contribution < -0.4 is 0 Å². The van der Waals surface area contributed by atoms with Gasteiger partial charge in [0, 0.05) is 30.8 Å². The average Bonchev–Trinajstić information content (AvgIpc) is 2.59. The first kappa shape index (κ1) is 17.8. The summed E-state index contributed by atoms with van der Waals surface area (Å²) in [6.07, 6.45) is 1.84. The van der Waals surface area contributed by atoms with Gasteiger partial charge in [0.05, 0.1) is 0 Å². The summed E-state index contributed by atoms with van der Waals surface area (Å²) in [7, 11) is 3.23. The molecule has 2 aromatic carbocycles. The molecule has 2 rings (SSSR count). The molecular formula is C19H18ClNO3. The Hall–Kier alpha value is -2.59. The van der Waals surface area contributed by atoms with Crippen molar-refractivity contribution in [3.05, 3.63) is 76.8 Å². The highest BCUT2D eigenvalue weighted by Crippen LogP contribution is 2.21. The lowest BCUT2D eigenvalue weighted by Gasteiger charge is -2.20. The molecule has 0 aliphatic rings. The number of likely N-dealkylation sites (N-methyl/N-ethyl adjacent to an activating group) is 1. The smallest absolute Gasteiger partial charge is 0.331 e. The Kier molecular flexibility index (Phi) is 6.15. The lowest BCUT2D eigenvalue weighted by Crippen LogP contribution is -2.30. The Morgan fingerprint density at radius 3 is 2.29 bits per heavy atom. The standard InChI is InChI=1S/C19H18ClNO3/c1-21(2)19(23)18(15-9-4-3-5-10-15)24-17(22)13-12-14-8-6-7-11-16(14)20/h3-13,18H,1-2H3/b13-12+/t18-/m1/s1. The van der Waals surface area contributed by atoms with Crippen LogP contribution in [0.25, 0.3) is 6.08 Å². The molecule has 0 heterocycles. The van der Waals surface area contributed by atoms with Crippen molar-refractivity contribution < 1.29 is 14.3 Å². The van der Waals surface area contributed by atoms with Gasteiger partial charge >= 0.3 is 5.97 Å². The Labute approximate surface area is 146 Å². The summed E-state index contributed by atoms with van der Waals surface area (Å²) >= 11 is 6.04. The van der Waals surface area contributed by atoms with Gasteiger partial charge in [-0.3, -0.25) is 4.79 Å². The lowest BCUT2D eigenvalue weighted by molar-refractivity contribution is -0.155. The van der Waals surface area contributed by atoms with Crippen LogP contribution >= 0.6 is 11.6 Å². The Bertz CT molecular complexity index is 741. The van der Waals surface area contributed by atoms with E-state index in [2.05, 4.69) is 0 Å². The van der Waals surface area contributed by atoms with Gasteiger partial charge < -0.3 is 9.64 Å². The van der Waals surface area contributed by atoms with E-state index >= 15 is 0 Å². The Morgan fingerprint density at radius 1 is 1.04 bits per heavy atom. The van der Waals surface area contributed by atoms with E-state index in [1.807, 2.05) is 12.1 Å². The molecule has 0 bridgehead atoms. The van der Waals surface area contributed by atoms with E-state index < -0.39 is 12.1 Å². The molecule has 0 unspecified atom stereocenters. The number of ether oxygens (including phenoxy) is 1. The summed E-state index contributed by atoms with van der Waals surface area (Å²) < 4.78 is 5.36. The van der Waals surface area contributed by atoms with Crippen LogP contribution in [0.1, 0.15) is 17.2 Å². The zero-order valence-electron chi connectivity index (χ0n) is 13.5. The number of amides is 1. The third-order valence-electron chi connectivity index (χ3n) is 3.31. The van der Waals surface area contributed by atoms with Crippen molar-refractivity contribution in [1.82, 2.24) is 4.90 Å². The van der Waals surface area contributed by atoms with Crippen LogP contribution in [0.5, 0.6) is 0 Å². The highest BCUT2D eigenvalue weighted by atomic mass is 35.5. The van der Waals surface area contributed by atoms with Crippen LogP contribution in [0.2, 0.25) is 5.02 Å². The molecule has 5 heteroatoms. The summed E-state index contributed by atoms with van der Waals surface area (Å²) in [5.41, 5.74) is 1.32. The first-order chi connectivity index (χ1) is 11.5. The molecule has 1 amide bonds. The Morgan fingerprint density at radius 2 is 1.67 bits per heavy atom. The number of rotatable bonds is 5. The first-order valence-corrected chi connectivity index (χ1v) is 7.76. The van der Waals surface area contributed by atoms with Crippen molar-refractivity contribution in [2.24, 2.45) is 0 Å². The lowest BCUT2D eigenvalue weighted by atomic mass is 10.1. The second-order valence-electron chi connectivity index (χ2n) is 5.32. The highest BCUT2D eigenvalue weighted by molar-refractivity contribution is 6.32. The minimum atomic E-state index is -0.982. The van der Waals surface area contributed by atoms with Gasteiger partial charge in [-0.2, -0.15) is 0 Å². The van der Waals surface area contributed by atoms with Gasteiger partial charge in [-0.1, -0.05) is 60.1 Å². The summed E-state index contributed by atoms with van der Waals surface area (Å²) in [5.74, 6) is -0.917. The van der Waals surface area contributed by atoms with E-state index in [0.29, 0.717) is 16.1 Å². The van der Waals surface area contributed by atoms with Crippen molar-refractivity contribution >= 4 is 29.6 Å². The maximum atomic E-state index is 12.3. The summed E-state index contributed by atoms with van der Waals surface area (Å²) in [6, 6.07) is 16.0. The van der Waals surface area contributed by atoms with Crippen molar-refractivity contribution in [2.45, 2.75) is 6.10 Å². The molecule has 24 heavy (non-hydrogen) atoms. The molecule has 0 aromatic heterocycles. The summed E-state index contributed by atoms with van der Waals surface area (Å²) in [6.45, 7) is 0. The number of carbonyl (C=O) groups excluding carboxylic acids is 2. The number of carbonyl (C=O) groups is 2.